The van der Waals surface area contributed by atoms with Gasteiger partial charge >= 0.3 is 0 Å². The number of anilines is 2. The maximum Gasteiger partial charge on any atom is 0.256 e. The van der Waals surface area contributed by atoms with Crippen molar-refractivity contribution in [1.82, 2.24) is 19.9 Å². The standard InChI is InChI=1S/C15H19FN6O2/c1-3-24-13-11(16)12(10-6-18-14(17)19-7-10)20-15(21-13)22-4-5-23-8-9(22)2/h6-7,9H,3-5,8H2,1-2H3,(H2,17,18,19)/t9-/m0/s1. The zero-order valence-electron chi connectivity index (χ0n) is 13.6. The predicted octanol–water partition coefficient (Wildman–Crippen LogP) is 1.28. The van der Waals surface area contributed by atoms with Gasteiger partial charge in [-0.15, -0.1) is 0 Å². The summed E-state index contributed by atoms with van der Waals surface area (Å²) in [7, 11) is 0. The molecule has 9 heteroatoms. The highest BCUT2D eigenvalue weighted by atomic mass is 19.1. The zero-order valence-corrected chi connectivity index (χ0v) is 13.6. The maximum absolute atomic E-state index is 14.7. The van der Waals surface area contributed by atoms with Crippen LogP contribution in [0.25, 0.3) is 11.3 Å². The number of ether oxygens (including phenoxy) is 2. The molecule has 1 aliphatic rings. The van der Waals surface area contributed by atoms with Crippen molar-refractivity contribution in [2.24, 2.45) is 0 Å². The van der Waals surface area contributed by atoms with Gasteiger partial charge < -0.3 is 20.1 Å². The summed E-state index contributed by atoms with van der Waals surface area (Å²) in [5.74, 6) is -0.231. The fourth-order valence-corrected chi connectivity index (χ4v) is 2.45. The van der Waals surface area contributed by atoms with Gasteiger partial charge in [-0.2, -0.15) is 9.37 Å². The number of rotatable bonds is 4. The van der Waals surface area contributed by atoms with E-state index in [1.807, 2.05) is 11.8 Å². The number of hydrogen-bond acceptors (Lipinski definition) is 8. The van der Waals surface area contributed by atoms with Crippen LogP contribution in [-0.2, 0) is 4.74 Å². The summed E-state index contributed by atoms with van der Waals surface area (Å²) < 4.78 is 25.5. The van der Waals surface area contributed by atoms with Crippen molar-refractivity contribution in [3.63, 3.8) is 0 Å². The van der Waals surface area contributed by atoms with Crippen LogP contribution in [0.3, 0.4) is 0 Å². The van der Waals surface area contributed by atoms with Gasteiger partial charge in [0.05, 0.1) is 25.9 Å². The van der Waals surface area contributed by atoms with Crippen LogP contribution in [0.2, 0.25) is 0 Å². The molecule has 0 bridgehead atoms. The quantitative estimate of drug-likeness (QED) is 0.892. The monoisotopic (exact) mass is 334 g/mol. The molecule has 24 heavy (non-hydrogen) atoms. The number of nitrogens with two attached hydrogens (primary N) is 1. The van der Waals surface area contributed by atoms with Gasteiger partial charge in [0.25, 0.3) is 5.88 Å². The van der Waals surface area contributed by atoms with E-state index >= 15 is 0 Å². The van der Waals surface area contributed by atoms with Crippen LogP contribution in [0.5, 0.6) is 5.88 Å². The van der Waals surface area contributed by atoms with Gasteiger partial charge in [0.15, 0.2) is 0 Å². The Morgan fingerprint density at radius 1 is 1.38 bits per heavy atom. The molecule has 1 fully saturated rings. The number of nitrogen functional groups attached to an aromatic ring is 1. The topological polar surface area (TPSA) is 99.3 Å². The first-order valence-corrected chi connectivity index (χ1v) is 7.72. The highest BCUT2D eigenvalue weighted by Crippen LogP contribution is 2.29. The molecule has 0 unspecified atom stereocenters. The van der Waals surface area contributed by atoms with E-state index in [-0.39, 0.29) is 23.6 Å². The van der Waals surface area contributed by atoms with Gasteiger partial charge in [0, 0.05) is 24.5 Å². The molecule has 0 amide bonds. The summed E-state index contributed by atoms with van der Waals surface area (Å²) in [6.07, 6.45) is 2.85. The molecule has 1 saturated heterocycles. The van der Waals surface area contributed by atoms with Crippen molar-refractivity contribution < 1.29 is 13.9 Å². The van der Waals surface area contributed by atoms with Gasteiger partial charge in [-0.25, -0.2) is 15.0 Å². The van der Waals surface area contributed by atoms with E-state index in [1.165, 1.54) is 12.4 Å². The molecule has 0 saturated carbocycles. The molecule has 2 aromatic heterocycles. The lowest BCUT2D eigenvalue weighted by atomic mass is 10.2. The van der Waals surface area contributed by atoms with E-state index in [4.69, 9.17) is 15.2 Å². The van der Waals surface area contributed by atoms with Crippen LogP contribution in [0.4, 0.5) is 16.3 Å². The lowest BCUT2D eigenvalue weighted by molar-refractivity contribution is 0.0979. The molecule has 2 N–H and O–H groups in total. The molecule has 0 radical (unpaired) electrons. The summed E-state index contributed by atoms with van der Waals surface area (Å²) in [5.41, 5.74) is 5.98. The van der Waals surface area contributed by atoms with Crippen LogP contribution in [0.15, 0.2) is 12.4 Å². The van der Waals surface area contributed by atoms with E-state index in [0.717, 1.165) is 0 Å². The zero-order chi connectivity index (χ0) is 17.1. The number of hydrogen-bond donors (Lipinski definition) is 1. The Bertz CT molecular complexity index is 712. The van der Waals surface area contributed by atoms with Crippen LogP contribution in [0.1, 0.15) is 13.8 Å². The van der Waals surface area contributed by atoms with Gasteiger partial charge in [0.2, 0.25) is 17.7 Å². The Balaban J connectivity index is 2.08. The highest BCUT2D eigenvalue weighted by molar-refractivity contribution is 5.61. The third-order valence-electron chi connectivity index (χ3n) is 3.66. The second-order valence-electron chi connectivity index (χ2n) is 5.37. The molecule has 2 aromatic rings. The third-order valence-corrected chi connectivity index (χ3v) is 3.66. The highest BCUT2D eigenvalue weighted by Gasteiger charge is 2.25. The van der Waals surface area contributed by atoms with E-state index in [2.05, 4.69) is 19.9 Å². The Hall–Kier alpha value is -2.55. The maximum atomic E-state index is 14.7. The third kappa shape index (κ3) is 3.21. The van der Waals surface area contributed by atoms with E-state index < -0.39 is 5.82 Å². The predicted molar refractivity (Wildman–Crippen MR) is 86.2 cm³/mol. The van der Waals surface area contributed by atoms with E-state index in [0.29, 0.717) is 37.9 Å². The lowest BCUT2D eigenvalue weighted by Gasteiger charge is -2.33. The van der Waals surface area contributed by atoms with Crippen molar-refractivity contribution in [2.45, 2.75) is 19.9 Å². The summed E-state index contributed by atoms with van der Waals surface area (Å²) in [6, 6.07) is 0.0780. The lowest BCUT2D eigenvalue weighted by Crippen LogP contribution is -2.44. The molecular formula is C15H19FN6O2. The first-order valence-electron chi connectivity index (χ1n) is 7.72. The first-order chi connectivity index (χ1) is 11.6. The Morgan fingerprint density at radius 3 is 2.79 bits per heavy atom. The van der Waals surface area contributed by atoms with Crippen molar-refractivity contribution in [1.29, 1.82) is 0 Å². The van der Waals surface area contributed by atoms with E-state index in [9.17, 15) is 4.39 Å². The van der Waals surface area contributed by atoms with Crippen LogP contribution in [0, 0.1) is 5.82 Å². The summed E-state index contributed by atoms with van der Waals surface area (Å²) in [6.45, 7) is 5.81. The number of halogens is 1. The first kappa shape index (κ1) is 16.3. The van der Waals surface area contributed by atoms with Crippen molar-refractivity contribution in [2.75, 3.05) is 37.0 Å². The minimum Gasteiger partial charge on any atom is -0.476 e. The number of nitrogens with zero attached hydrogens (tertiary/aromatic N) is 5. The molecule has 8 nitrogen and oxygen atoms in total. The SMILES string of the molecule is CCOc1nc(N2CCOC[C@@H]2C)nc(-c2cnc(N)nc2)c1F. The Kier molecular flexibility index (Phi) is 4.70. The summed E-state index contributed by atoms with van der Waals surface area (Å²) in [4.78, 5) is 18.4. The molecule has 1 aliphatic heterocycles. The smallest absolute Gasteiger partial charge is 0.256 e. The van der Waals surface area contributed by atoms with Crippen LogP contribution in [-0.4, -0.2) is 52.3 Å². The molecule has 0 aromatic carbocycles. The largest absolute Gasteiger partial charge is 0.476 e. The van der Waals surface area contributed by atoms with Gasteiger partial charge in [0.1, 0.15) is 5.69 Å². The molecular weight excluding hydrogens is 315 g/mol. The minimum absolute atomic E-state index is 0.0780. The molecule has 128 valence electrons. The van der Waals surface area contributed by atoms with Gasteiger partial charge in [-0.3, -0.25) is 0 Å². The second kappa shape index (κ2) is 6.91. The number of aromatic nitrogens is 4. The fraction of sp³-hybridized carbons (Fsp3) is 0.467. The molecule has 0 spiro atoms. The average molecular weight is 334 g/mol. The van der Waals surface area contributed by atoms with Crippen LogP contribution >= 0.6 is 0 Å². The summed E-state index contributed by atoms with van der Waals surface area (Å²) in [5, 5.41) is 0. The van der Waals surface area contributed by atoms with Gasteiger partial charge in [-0.1, -0.05) is 0 Å². The van der Waals surface area contributed by atoms with Crippen molar-refractivity contribution in [3.8, 4) is 17.1 Å². The Morgan fingerprint density at radius 2 is 2.12 bits per heavy atom. The fourth-order valence-electron chi connectivity index (χ4n) is 2.45. The van der Waals surface area contributed by atoms with Crippen LogP contribution < -0.4 is 15.4 Å². The average Bonchev–Trinajstić information content (AvgIpc) is 2.58. The normalized spacial score (nSPS) is 17.8. The summed E-state index contributed by atoms with van der Waals surface area (Å²) >= 11 is 0. The molecule has 3 rings (SSSR count). The molecule has 3 heterocycles. The molecule has 0 aliphatic carbocycles. The van der Waals surface area contributed by atoms with Crippen molar-refractivity contribution >= 4 is 11.9 Å². The number of morpholine rings is 1. The van der Waals surface area contributed by atoms with E-state index in [1.54, 1.807) is 6.92 Å². The van der Waals surface area contributed by atoms with Gasteiger partial charge in [-0.05, 0) is 13.8 Å². The Labute approximate surface area is 138 Å². The van der Waals surface area contributed by atoms with Crippen molar-refractivity contribution in [3.05, 3.63) is 18.2 Å². The minimum atomic E-state index is -0.644. The second-order valence-corrected chi connectivity index (χ2v) is 5.37. The molecule has 1 atom stereocenters.